The highest BCUT2D eigenvalue weighted by molar-refractivity contribution is 7.89. The Bertz CT molecular complexity index is 977. The second-order valence-corrected chi connectivity index (χ2v) is 10.1. The number of anilines is 1. The van der Waals surface area contributed by atoms with Gasteiger partial charge in [-0.15, -0.1) is 0 Å². The molecule has 1 amide bonds. The molecule has 0 bridgehead atoms. The molecule has 0 aliphatic heterocycles. The van der Waals surface area contributed by atoms with E-state index >= 15 is 0 Å². The van der Waals surface area contributed by atoms with Crippen LogP contribution in [0.3, 0.4) is 0 Å². The van der Waals surface area contributed by atoms with Crippen LogP contribution in [0.5, 0.6) is 5.75 Å². The third-order valence-electron chi connectivity index (χ3n) is 4.10. The molecular weight excluding hydrogens is 388 g/mol. The lowest BCUT2D eigenvalue weighted by Gasteiger charge is -2.20. The summed E-state index contributed by atoms with van der Waals surface area (Å²) in [5.74, 6) is 0.672. The first-order valence-corrected chi connectivity index (χ1v) is 11.0. The van der Waals surface area contributed by atoms with Crippen LogP contribution in [0.2, 0.25) is 0 Å². The minimum absolute atomic E-state index is 0.0889. The van der Waals surface area contributed by atoms with Crippen molar-refractivity contribution in [3.63, 3.8) is 0 Å². The highest BCUT2D eigenvalue weighted by Crippen LogP contribution is 2.23. The molecule has 0 saturated heterocycles. The number of rotatable bonds is 7. The Hall–Kier alpha value is -2.38. The Morgan fingerprint density at radius 1 is 1.10 bits per heavy atom. The highest BCUT2D eigenvalue weighted by atomic mass is 32.2. The SMILES string of the molecule is Cc1cc(OCC(=O)Nc2cccc(S(=O)(=O)NC(C)(C)C)c2)ccc1C(C)C. The number of carbonyl (C=O) groups is 1. The summed E-state index contributed by atoms with van der Waals surface area (Å²) in [7, 11) is -3.68. The fourth-order valence-corrected chi connectivity index (χ4v) is 4.40. The van der Waals surface area contributed by atoms with Gasteiger partial charge in [0.1, 0.15) is 5.75 Å². The highest BCUT2D eigenvalue weighted by Gasteiger charge is 2.22. The van der Waals surface area contributed by atoms with Gasteiger partial charge < -0.3 is 10.1 Å². The van der Waals surface area contributed by atoms with E-state index < -0.39 is 15.6 Å². The first-order chi connectivity index (χ1) is 13.4. The van der Waals surface area contributed by atoms with E-state index in [9.17, 15) is 13.2 Å². The summed E-state index contributed by atoms with van der Waals surface area (Å²) in [5, 5.41) is 2.68. The standard InChI is InChI=1S/C22H30N2O4S/c1-15(2)20-11-10-18(12-16(20)3)28-14-21(25)23-17-8-7-9-19(13-17)29(26,27)24-22(4,5)6/h7-13,15,24H,14H2,1-6H3,(H,23,25). The minimum atomic E-state index is -3.68. The van der Waals surface area contributed by atoms with Crippen molar-refractivity contribution < 1.29 is 17.9 Å². The molecule has 0 aliphatic carbocycles. The lowest BCUT2D eigenvalue weighted by Crippen LogP contribution is -2.40. The van der Waals surface area contributed by atoms with Gasteiger partial charge in [-0.3, -0.25) is 4.79 Å². The Kier molecular flexibility index (Phi) is 7.08. The van der Waals surface area contributed by atoms with Crippen LogP contribution in [0.4, 0.5) is 5.69 Å². The van der Waals surface area contributed by atoms with Crippen molar-refractivity contribution in [2.75, 3.05) is 11.9 Å². The van der Waals surface area contributed by atoms with Crippen LogP contribution in [-0.2, 0) is 14.8 Å². The molecule has 6 nitrogen and oxygen atoms in total. The molecule has 2 aromatic carbocycles. The van der Waals surface area contributed by atoms with Crippen molar-refractivity contribution in [1.82, 2.24) is 4.72 Å². The summed E-state index contributed by atoms with van der Waals surface area (Å²) >= 11 is 0. The molecule has 29 heavy (non-hydrogen) atoms. The average molecular weight is 419 g/mol. The lowest BCUT2D eigenvalue weighted by atomic mass is 9.98. The molecule has 0 atom stereocenters. The fraction of sp³-hybridized carbons (Fsp3) is 0.409. The fourth-order valence-electron chi connectivity index (χ4n) is 2.93. The first kappa shape index (κ1) is 22.9. The Morgan fingerprint density at radius 2 is 1.79 bits per heavy atom. The molecule has 7 heteroatoms. The topological polar surface area (TPSA) is 84.5 Å². The molecule has 2 N–H and O–H groups in total. The maximum Gasteiger partial charge on any atom is 0.262 e. The van der Waals surface area contributed by atoms with E-state index in [-0.39, 0.29) is 17.4 Å². The molecule has 2 aromatic rings. The second-order valence-electron chi connectivity index (χ2n) is 8.39. The third-order valence-corrected chi connectivity index (χ3v) is 5.86. The molecule has 0 saturated carbocycles. The van der Waals surface area contributed by atoms with Gasteiger partial charge in [-0.1, -0.05) is 26.0 Å². The summed E-state index contributed by atoms with van der Waals surface area (Å²) in [6.45, 7) is 11.4. The van der Waals surface area contributed by atoms with E-state index in [1.807, 2.05) is 25.1 Å². The zero-order chi connectivity index (χ0) is 21.8. The van der Waals surface area contributed by atoms with Crippen molar-refractivity contribution >= 4 is 21.6 Å². The second kappa shape index (κ2) is 8.97. The van der Waals surface area contributed by atoms with Gasteiger partial charge in [-0.05, 0) is 75.1 Å². The van der Waals surface area contributed by atoms with Crippen LogP contribution in [0, 0.1) is 6.92 Å². The number of sulfonamides is 1. The van der Waals surface area contributed by atoms with E-state index in [2.05, 4.69) is 23.9 Å². The molecule has 158 valence electrons. The monoisotopic (exact) mass is 418 g/mol. The predicted octanol–water partition coefficient (Wildman–Crippen LogP) is 4.21. The van der Waals surface area contributed by atoms with Crippen molar-refractivity contribution in [3.05, 3.63) is 53.6 Å². The number of hydrogen-bond donors (Lipinski definition) is 2. The van der Waals surface area contributed by atoms with E-state index in [1.54, 1.807) is 32.9 Å². The molecule has 0 fully saturated rings. The van der Waals surface area contributed by atoms with Gasteiger partial charge in [0.25, 0.3) is 5.91 Å². The quantitative estimate of drug-likeness (QED) is 0.705. The average Bonchev–Trinajstić information content (AvgIpc) is 2.58. The zero-order valence-electron chi connectivity index (χ0n) is 17.9. The van der Waals surface area contributed by atoms with Crippen LogP contribution in [0.1, 0.15) is 51.7 Å². The summed E-state index contributed by atoms with van der Waals surface area (Å²) in [6, 6.07) is 11.9. The van der Waals surface area contributed by atoms with Gasteiger partial charge in [0.05, 0.1) is 4.90 Å². The number of hydrogen-bond acceptors (Lipinski definition) is 4. The van der Waals surface area contributed by atoms with Crippen LogP contribution < -0.4 is 14.8 Å². The number of benzene rings is 2. The molecular formula is C22H30N2O4S. The number of carbonyl (C=O) groups excluding carboxylic acids is 1. The van der Waals surface area contributed by atoms with Gasteiger partial charge >= 0.3 is 0 Å². The van der Waals surface area contributed by atoms with Crippen molar-refractivity contribution in [2.45, 2.75) is 57.9 Å². The molecule has 2 rings (SSSR count). The Balaban J connectivity index is 2.02. The Labute approximate surface area is 173 Å². The molecule has 0 unspecified atom stereocenters. The van der Waals surface area contributed by atoms with Crippen molar-refractivity contribution in [2.24, 2.45) is 0 Å². The van der Waals surface area contributed by atoms with E-state index in [4.69, 9.17) is 4.74 Å². The number of aryl methyl sites for hydroxylation is 1. The number of amides is 1. The van der Waals surface area contributed by atoms with Gasteiger partial charge in [0.2, 0.25) is 10.0 Å². The molecule has 0 heterocycles. The lowest BCUT2D eigenvalue weighted by molar-refractivity contribution is -0.118. The smallest absolute Gasteiger partial charge is 0.262 e. The molecule has 0 spiro atoms. The molecule has 0 aromatic heterocycles. The summed E-state index contributed by atoms with van der Waals surface area (Å²) in [5.41, 5.74) is 2.14. The van der Waals surface area contributed by atoms with Crippen molar-refractivity contribution in [1.29, 1.82) is 0 Å². The number of ether oxygens (including phenoxy) is 1. The van der Waals surface area contributed by atoms with E-state index in [1.165, 1.54) is 17.7 Å². The maximum absolute atomic E-state index is 12.5. The predicted molar refractivity (Wildman–Crippen MR) is 116 cm³/mol. The number of nitrogens with one attached hydrogen (secondary N) is 2. The zero-order valence-corrected chi connectivity index (χ0v) is 18.7. The van der Waals surface area contributed by atoms with E-state index in [0.717, 1.165) is 5.56 Å². The molecule has 0 aliphatic rings. The third kappa shape index (κ3) is 6.87. The molecule has 0 radical (unpaired) electrons. The normalized spacial score (nSPS) is 12.1. The maximum atomic E-state index is 12.5. The van der Waals surface area contributed by atoms with Crippen LogP contribution >= 0.6 is 0 Å². The van der Waals surface area contributed by atoms with Gasteiger partial charge in [-0.2, -0.15) is 0 Å². The van der Waals surface area contributed by atoms with Gasteiger partial charge in [0, 0.05) is 11.2 Å². The van der Waals surface area contributed by atoms with Crippen LogP contribution in [0.25, 0.3) is 0 Å². The summed E-state index contributed by atoms with van der Waals surface area (Å²) < 4.78 is 33.1. The minimum Gasteiger partial charge on any atom is -0.484 e. The van der Waals surface area contributed by atoms with Gasteiger partial charge in [-0.25, -0.2) is 13.1 Å². The summed E-state index contributed by atoms with van der Waals surface area (Å²) in [4.78, 5) is 12.3. The van der Waals surface area contributed by atoms with Crippen LogP contribution in [0.15, 0.2) is 47.4 Å². The van der Waals surface area contributed by atoms with Gasteiger partial charge in [0.15, 0.2) is 6.61 Å². The summed E-state index contributed by atoms with van der Waals surface area (Å²) in [6.07, 6.45) is 0. The van der Waals surface area contributed by atoms with E-state index in [0.29, 0.717) is 17.4 Å². The largest absolute Gasteiger partial charge is 0.484 e. The van der Waals surface area contributed by atoms with Crippen LogP contribution in [-0.4, -0.2) is 26.5 Å². The Morgan fingerprint density at radius 3 is 2.38 bits per heavy atom. The van der Waals surface area contributed by atoms with Crippen molar-refractivity contribution in [3.8, 4) is 5.75 Å². The first-order valence-electron chi connectivity index (χ1n) is 9.54.